The molecule has 1 aliphatic rings. The van der Waals surface area contributed by atoms with Crippen molar-refractivity contribution in [3.05, 3.63) is 0 Å². The minimum absolute atomic E-state index is 0.159. The second-order valence-electron chi connectivity index (χ2n) is 4.19. The van der Waals surface area contributed by atoms with Gasteiger partial charge in [-0.1, -0.05) is 12.8 Å². The van der Waals surface area contributed by atoms with Crippen LogP contribution < -0.4 is 5.32 Å². The zero-order valence-corrected chi connectivity index (χ0v) is 9.33. The van der Waals surface area contributed by atoms with Gasteiger partial charge in [0.15, 0.2) is 0 Å². The maximum absolute atomic E-state index is 9.74. The fourth-order valence-electron chi connectivity index (χ4n) is 2.01. The molecule has 0 spiro atoms. The second-order valence-corrected chi connectivity index (χ2v) is 4.19. The van der Waals surface area contributed by atoms with Crippen LogP contribution in [0.5, 0.6) is 0 Å². The molecule has 3 nitrogen and oxygen atoms in total. The van der Waals surface area contributed by atoms with Crippen LogP contribution in [0.15, 0.2) is 0 Å². The van der Waals surface area contributed by atoms with Crippen LogP contribution in [0.2, 0.25) is 0 Å². The highest BCUT2D eigenvalue weighted by Crippen LogP contribution is 2.18. The van der Waals surface area contributed by atoms with E-state index in [1.807, 2.05) is 6.92 Å². The van der Waals surface area contributed by atoms with Gasteiger partial charge in [-0.05, 0) is 26.7 Å². The number of hydrogen-bond donors (Lipinski definition) is 2. The van der Waals surface area contributed by atoms with E-state index < -0.39 is 0 Å². The van der Waals surface area contributed by atoms with Gasteiger partial charge in [0, 0.05) is 18.7 Å². The number of hydrogen-bond acceptors (Lipinski definition) is 3. The van der Waals surface area contributed by atoms with E-state index in [1.54, 1.807) is 0 Å². The Hall–Kier alpha value is -0.120. The molecule has 0 aromatic carbocycles. The summed E-state index contributed by atoms with van der Waals surface area (Å²) in [7, 11) is 0. The van der Waals surface area contributed by atoms with Crippen LogP contribution in [0.25, 0.3) is 0 Å². The number of nitrogens with one attached hydrogen (secondary N) is 1. The van der Waals surface area contributed by atoms with E-state index in [1.165, 1.54) is 12.8 Å². The molecule has 0 amide bonds. The Kier molecular flexibility index (Phi) is 5.45. The lowest BCUT2D eigenvalue weighted by Gasteiger charge is -2.31. The molecule has 0 aliphatic heterocycles. The van der Waals surface area contributed by atoms with E-state index in [2.05, 4.69) is 12.2 Å². The molecule has 2 N–H and O–H groups in total. The van der Waals surface area contributed by atoms with Crippen LogP contribution in [0.1, 0.15) is 39.5 Å². The van der Waals surface area contributed by atoms with Crippen LogP contribution in [0.3, 0.4) is 0 Å². The quantitative estimate of drug-likeness (QED) is 0.704. The summed E-state index contributed by atoms with van der Waals surface area (Å²) in [5.41, 5.74) is 0. The Labute approximate surface area is 86.8 Å². The monoisotopic (exact) mass is 201 g/mol. The molecule has 1 fully saturated rings. The van der Waals surface area contributed by atoms with E-state index >= 15 is 0 Å². The molecule has 0 saturated heterocycles. The normalized spacial score (nSPS) is 30.2. The summed E-state index contributed by atoms with van der Waals surface area (Å²) in [5, 5.41) is 13.2. The molecule has 0 radical (unpaired) electrons. The second kappa shape index (κ2) is 6.38. The molecular formula is C11H23NO2. The van der Waals surface area contributed by atoms with E-state index in [4.69, 9.17) is 4.74 Å². The van der Waals surface area contributed by atoms with Gasteiger partial charge in [-0.25, -0.2) is 0 Å². The Balaban J connectivity index is 2.20. The summed E-state index contributed by atoms with van der Waals surface area (Å²) in [6.07, 6.45) is 4.28. The van der Waals surface area contributed by atoms with Crippen molar-refractivity contribution in [2.24, 2.45) is 0 Å². The van der Waals surface area contributed by atoms with Crippen LogP contribution in [-0.2, 0) is 4.74 Å². The van der Waals surface area contributed by atoms with E-state index in [-0.39, 0.29) is 12.1 Å². The first-order valence-corrected chi connectivity index (χ1v) is 5.76. The zero-order valence-electron chi connectivity index (χ0n) is 9.33. The first-order chi connectivity index (χ1) is 6.74. The predicted molar refractivity (Wildman–Crippen MR) is 57.4 cm³/mol. The molecule has 1 rings (SSSR count). The van der Waals surface area contributed by atoms with Gasteiger partial charge < -0.3 is 15.2 Å². The van der Waals surface area contributed by atoms with Crippen molar-refractivity contribution < 1.29 is 9.84 Å². The summed E-state index contributed by atoms with van der Waals surface area (Å²) in [4.78, 5) is 0. The number of aliphatic hydroxyl groups is 1. The Morgan fingerprint density at radius 2 is 2.14 bits per heavy atom. The molecule has 1 saturated carbocycles. The lowest BCUT2D eigenvalue weighted by molar-refractivity contribution is 0.0689. The summed E-state index contributed by atoms with van der Waals surface area (Å²) in [5.74, 6) is 0. The predicted octanol–water partition coefficient (Wildman–Crippen LogP) is 1.30. The minimum atomic E-state index is -0.159. The van der Waals surface area contributed by atoms with Gasteiger partial charge in [0.25, 0.3) is 0 Å². The smallest absolute Gasteiger partial charge is 0.0693 e. The standard InChI is InChI=1S/C11H23NO2/c1-3-14-8-9(2)12-10-6-4-5-7-11(10)13/h9-13H,3-8H2,1-2H3/t9?,10-,11-/m0/s1. The summed E-state index contributed by atoms with van der Waals surface area (Å²) in [6.45, 7) is 5.61. The summed E-state index contributed by atoms with van der Waals surface area (Å²) < 4.78 is 5.33. The molecule has 0 heterocycles. The molecule has 1 aliphatic carbocycles. The van der Waals surface area contributed by atoms with Gasteiger partial charge in [-0.15, -0.1) is 0 Å². The van der Waals surface area contributed by atoms with Crippen molar-refractivity contribution >= 4 is 0 Å². The van der Waals surface area contributed by atoms with Crippen LogP contribution in [0, 0.1) is 0 Å². The lowest BCUT2D eigenvalue weighted by Crippen LogP contribution is -2.47. The molecule has 0 aromatic rings. The van der Waals surface area contributed by atoms with Gasteiger partial charge in [0.2, 0.25) is 0 Å². The molecule has 1 unspecified atom stereocenters. The van der Waals surface area contributed by atoms with Crippen molar-refractivity contribution in [3.63, 3.8) is 0 Å². The topological polar surface area (TPSA) is 41.5 Å². The fraction of sp³-hybridized carbons (Fsp3) is 1.00. The molecule has 0 aromatic heterocycles. The first kappa shape index (κ1) is 12.0. The maximum Gasteiger partial charge on any atom is 0.0693 e. The van der Waals surface area contributed by atoms with E-state index in [0.717, 1.165) is 26.1 Å². The summed E-state index contributed by atoms with van der Waals surface area (Å²) >= 11 is 0. The highest BCUT2D eigenvalue weighted by Gasteiger charge is 2.23. The Bertz CT molecular complexity index is 152. The largest absolute Gasteiger partial charge is 0.392 e. The highest BCUT2D eigenvalue weighted by atomic mass is 16.5. The number of ether oxygens (including phenoxy) is 1. The van der Waals surface area contributed by atoms with Crippen molar-refractivity contribution in [3.8, 4) is 0 Å². The van der Waals surface area contributed by atoms with E-state index in [0.29, 0.717) is 6.04 Å². The van der Waals surface area contributed by atoms with Gasteiger partial charge in [0.1, 0.15) is 0 Å². The van der Waals surface area contributed by atoms with Gasteiger partial charge in [0.05, 0.1) is 12.7 Å². The van der Waals surface area contributed by atoms with E-state index in [9.17, 15) is 5.11 Å². The fourth-order valence-corrected chi connectivity index (χ4v) is 2.01. The molecular weight excluding hydrogens is 178 g/mol. The van der Waals surface area contributed by atoms with Crippen molar-refractivity contribution in [1.82, 2.24) is 5.32 Å². The van der Waals surface area contributed by atoms with Crippen molar-refractivity contribution in [2.75, 3.05) is 13.2 Å². The number of rotatable bonds is 5. The molecule has 3 atom stereocenters. The van der Waals surface area contributed by atoms with Crippen LogP contribution in [0.4, 0.5) is 0 Å². The van der Waals surface area contributed by atoms with Crippen LogP contribution in [-0.4, -0.2) is 36.5 Å². The molecule has 0 bridgehead atoms. The van der Waals surface area contributed by atoms with Gasteiger partial charge in [-0.3, -0.25) is 0 Å². The summed E-state index contributed by atoms with van der Waals surface area (Å²) in [6, 6.07) is 0.618. The minimum Gasteiger partial charge on any atom is -0.392 e. The Morgan fingerprint density at radius 1 is 1.43 bits per heavy atom. The molecule has 84 valence electrons. The van der Waals surface area contributed by atoms with Gasteiger partial charge in [-0.2, -0.15) is 0 Å². The average Bonchev–Trinajstić information content (AvgIpc) is 2.18. The van der Waals surface area contributed by atoms with Crippen LogP contribution >= 0.6 is 0 Å². The SMILES string of the molecule is CCOCC(C)N[C@H]1CCCC[C@@H]1O. The number of aliphatic hydroxyl groups excluding tert-OH is 1. The maximum atomic E-state index is 9.74. The Morgan fingerprint density at radius 3 is 2.79 bits per heavy atom. The lowest BCUT2D eigenvalue weighted by atomic mass is 9.92. The third-order valence-corrected chi connectivity index (χ3v) is 2.80. The third-order valence-electron chi connectivity index (χ3n) is 2.80. The first-order valence-electron chi connectivity index (χ1n) is 5.76. The van der Waals surface area contributed by atoms with Gasteiger partial charge >= 0.3 is 0 Å². The average molecular weight is 201 g/mol. The van der Waals surface area contributed by atoms with Crippen molar-refractivity contribution in [2.45, 2.75) is 57.7 Å². The molecule has 14 heavy (non-hydrogen) atoms. The van der Waals surface area contributed by atoms with Crippen molar-refractivity contribution in [1.29, 1.82) is 0 Å². The third kappa shape index (κ3) is 3.95. The zero-order chi connectivity index (χ0) is 10.4. The highest BCUT2D eigenvalue weighted by molar-refractivity contribution is 4.82. The molecule has 3 heteroatoms.